The summed E-state index contributed by atoms with van der Waals surface area (Å²) in [5, 5.41) is 3.81. The number of amides is 1. The summed E-state index contributed by atoms with van der Waals surface area (Å²) < 4.78 is 46.0. The van der Waals surface area contributed by atoms with Crippen molar-refractivity contribution < 1.29 is 27.5 Å². The molecule has 3 heterocycles. The molecular formula is C19H22F3N3O3S. The van der Waals surface area contributed by atoms with Gasteiger partial charge in [-0.3, -0.25) is 9.59 Å². The van der Waals surface area contributed by atoms with Crippen LogP contribution in [0.4, 0.5) is 19.0 Å². The van der Waals surface area contributed by atoms with Gasteiger partial charge in [-0.05, 0) is 26.8 Å². The number of anilines is 1. The number of fused-ring (bicyclic) bond motifs is 1. The lowest BCUT2D eigenvalue weighted by Crippen LogP contribution is -2.48. The first-order valence-electron chi connectivity index (χ1n) is 9.07. The molecule has 0 bridgehead atoms. The number of ether oxygens (including phenoxy) is 1. The molecular weight excluding hydrogens is 407 g/mol. The maximum absolute atomic E-state index is 13.6. The lowest BCUT2D eigenvalue weighted by atomic mass is 9.96. The van der Waals surface area contributed by atoms with Crippen molar-refractivity contribution in [2.24, 2.45) is 5.92 Å². The topological polar surface area (TPSA) is 71.5 Å². The Morgan fingerprint density at radius 1 is 1.31 bits per heavy atom. The Hall–Kier alpha value is -2.36. The minimum absolute atomic E-state index is 0.0161. The quantitative estimate of drug-likeness (QED) is 0.748. The molecule has 6 nitrogen and oxygen atoms in total. The van der Waals surface area contributed by atoms with Crippen LogP contribution in [0.3, 0.4) is 0 Å². The molecule has 0 atom stereocenters. The van der Waals surface area contributed by atoms with Crippen LogP contribution < -0.4 is 10.2 Å². The van der Waals surface area contributed by atoms with E-state index < -0.39 is 23.2 Å². The Bertz CT molecular complexity index is 944. The summed E-state index contributed by atoms with van der Waals surface area (Å²) in [5.74, 6) is -0.687. The summed E-state index contributed by atoms with van der Waals surface area (Å²) in [6, 6.07) is 1.01. The van der Waals surface area contributed by atoms with Crippen molar-refractivity contribution in [3.63, 3.8) is 0 Å². The number of carbonyl (C=O) groups is 2. The van der Waals surface area contributed by atoms with Gasteiger partial charge < -0.3 is 15.0 Å². The molecule has 2 aromatic rings. The van der Waals surface area contributed by atoms with Gasteiger partial charge in [-0.1, -0.05) is 0 Å². The number of pyridine rings is 1. The molecule has 158 valence electrons. The number of nitrogens with one attached hydrogen (secondary N) is 1. The SMILES string of the molecule is CNC(=O)c1csc2c(C(F)(F)F)cc(N3CC(CC(=O)OC(C)(C)C)C3)nc12. The lowest BCUT2D eigenvalue weighted by Gasteiger charge is -2.40. The number of alkyl halides is 3. The number of esters is 1. The first kappa shape index (κ1) is 21.4. The average molecular weight is 429 g/mol. The Kier molecular flexibility index (Phi) is 5.50. The maximum atomic E-state index is 13.6. The van der Waals surface area contributed by atoms with Crippen molar-refractivity contribution in [1.29, 1.82) is 0 Å². The zero-order chi connectivity index (χ0) is 21.6. The summed E-state index contributed by atoms with van der Waals surface area (Å²) in [6.07, 6.45) is -4.37. The molecule has 0 spiro atoms. The number of hydrogen-bond acceptors (Lipinski definition) is 6. The van der Waals surface area contributed by atoms with Crippen LogP contribution in [0.5, 0.6) is 0 Å². The number of halogens is 3. The highest BCUT2D eigenvalue weighted by atomic mass is 32.1. The summed E-state index contributed by atoms with van der Waals surface area (Å²) in [6.45, 7) is 6.13. The van der Waals surface area contributed by atoms with E-state index >= 15 is 0 Å². The molecule has 1 amide bonds. The number of aromatic nitrogens is 1. The molecule has 10 heteroatoms. The summed E-state index contributed by atoms with van der Waals surface area (Å²) in [5.41, 5.74) is -1.24. The standard InChI is InChI=1S/C19H22F3N3O3S/c1-18(2,3)28-14(26)5-10-7-25(8-10)13-6-12(19(20,21)22)16-15(24-13)11(9-29-16)17(27)23-4/h6,9-10H,5,7-8H2,1-4H3,(H,23,27). The fraction of sp³-hybridized carbons (Fsp3) is 0.526. The van der Waals surface area contributed by atoms with Crippen molar-refractivity contribution in [3.05, 3.63) is 22.6 Å². The van der Waals surface area contributed by atoms with Crippen molar-refractivity contribution in [1.82, 2.24) is 10.3 Å². The maximum Gasteiger partial charge on any atom is 0.417 e. The first-order valence-corrected chi connectivity index (χ1v) is 9.95. The van der Waals surface area contributed by atoms with Crippen LogP contribution in [0.25, 0.3) is 10.2 Å². The molecule has 1 fully saturated rings. The van der Waals surface area contributed by atoms with Gasteiger partial charge in [0.05, 0.1) is 27.8 Å². The van der Waals surface area contributed by atoms with Crippen LogP contribution in [0.15, 0.2) is 11.4 Å². The molecule has 0 unspecified atom stereocenters. The molecule has 0 radical (unpaired) electrons. The van der Waals surface area contributed by atoms with Crippen LogP contribution in [-0.4, -0.2) is 42.6 Å². The van der Waals surface area contributed by atoms with Gasteiger partial charge in [0.2, 0.25) is 0 Å². The Labute approximate surface area is 170 Å². The van der Waals surface area contributed by atoms with Crippen molar-refractivity contribution >= 4 is 39.2 Å². The van der Waals surface area contributed by atoms with E-state index in [1.165, 1.54) is 12.4 Å². The van der Waals surface area contributed by atoms with Gasteiger partial charge >= 0.3 is 12.1 Å². The van der Waals surface area contributed by atoms with E-state index in [0.29, 0.717) is 13.1 Å². The van der Waals surface area contributed by atoms with Gasteiger partial charge in [0.1, 0.15) is 11.4 Å². The van der Waals surface area contributed by atoms with E-state index in [1.54, 1.807) is 25.7 Å². The first-order chi connectivity index (χ1) is 13.4. The largest absolute Gasteiger partial charge is 0.460 e. The molecule has 1 saturated heterocycles. The minimum Gasteiger partial charge on any atom is -0.460 e. The molecule has 29 heavy (non-hydrogen) atoms. The molecule has 1 N–H and O–H groups in total. The van der Waals surface area contributed by atoms with E-state index in [-0.39, 0.29) is 39.9 Å². The molecule has 3 rings (SSSR count). The van der Waals surface area contributed by atoms with Crippen molar-refractivity contribution in [2.75, 3.05) is 25.0 Å². The normalized spacial score (nSPS) is 15.3. The third-order valence-corrected chi connectivity index (χ3v) is 5.45. The zero-order valence-corrected chi connectivity index (χ0v) is 17.3. The molecule has 0 saturated carbocycles. The highest BCUT2D eigenvalue weighted by Crippen LogP contribution is 2.41. The van der Waals surface area contributed by atoms with E-state index in [0.717, 1.165) is 17.4 Å². The summed E-state index contributed by atoms with van der Waals surface area (Å²) >= 11 is 0.848. The second-order valence-electron chi connectivity index (χ2n) is 7.99. The molecule has 0 aliphatic carbocycles. The van der Waals surface area contributed by atoms with Crippen LogP contribution in [0.2, 0.25) is 0 Å². The van der Waals surface area contributed by atoms with Crippen LogP contribution in [0.1, 0.15) is 43.1 Å². The third-order valence-electron chi connectivity index (χ3n) is 4.44. The van der Waals surface area contributed by atoms with Crippen LogP contribution in [0, 0.1) is 5.92 Å². The van der Waals surface area contributed by atoms with Gasteiger partial charge in [0.15, 0.2) is 0 Å². The Morgan fingerprint density at radius 3 is 2.52 bits per heavy atom. The Balaban J connectivity index is 1.84. The number of hydrogen-bond donors (Lipinski definition) is 1. The zero-order valence-electron chi connectivity index (χ0n) is 16.5. The van der Waals surface area contributed by atoms with Crippen molar-refractivity contribution in [2.45, 2.75) is 39.0 Å². The third kappa shape index (κ3) is 4.63. The Morgan fingerprint density at radius 2 is 1.97 bits per heavy atom. The van der Waals surface area contributed by atoms with Gasteiger partial charge in [-0.25, -0.2) is 4.98 Å². The highest BCUT2D eigenvalue weighted by Gasteiger charge is 2.38. The number of thiophene rings is 1. The molecule has 0 aromatic carbocycles. The summed E-state index contributed by atoms with van der Waals surface area (Å²) in [4.78, 5) is 30.0. The van der Waals surface area contributed by atoms with E-state index in [2.05, 4.69) is 10.3 Å². The second-order valence-corrected chi connectivity index (χ2v) is 8.87. The van der Waals surface area contributed by atoms with E-state index in [9.17, 15) is 22.8 Å². The van der Waals surface area contributed by atoms with E-state index in [1.807, 2.05) is 0 Å². The molecule has 1 aliphatic heterocycles. The highest BCUT2D eigenvalue weighted by molar-refractivity contribution is 7.17. The number of nitrogens with zero attached hydrogens (tertiary/aromatic N) is 2. The summed E-state index contributed by atoms with van der Waals surface area (Å²) in [7, 11) is 1.41. The van der Waals surface area contributed by atoms with Crippen LogP contribution in [-0.2, 0) is 15.7 Å². The molecule has 1 aliphatic rings. The lowest BCUT2D eigenvalue weighted by molar-refractivity contribution is -0.156. The number of carbonyl (C=O) groups excluding carboxylic acids is 2. The average Bonchev–Trinajstić information content (AvgIpc) is 2.97. The second kappa shape index (κ2) is 7.47. The smallest absolute Gasteiger partial charge is 0.417 e. The predicted octanol–water partition coefficient (Wildman–Crippen LogP) is 3.84. The van der Waals surface area contributed by atoms with Crippen LogP contribution >= 0.6 is 11.3 Å². The van der Waals surface area contributed by atoms with Gasteiger partial charge in [-0.2, -0.15) is 13.2 Å². The van der Waals surface area contributed by atoms with Crippen molar-refractivity contribution in [3.8, 4) is 0 Å². The number of rotatable bonds is 4. The molecule has 2 aromatic heterocycles. The fourth-order valence-corrected chi connectivity index (χ4v) is 4.19. The monoisotopic (exact) mass is 429 g/mol. The predicted molar refractivity (Wildman–Crippen MR) is 104 cm³/mol. The van der Waals surface area contributed by atoms with E-state index in [4.69, 9.17) is 4.74 Å². The van der Waals surface area contributed by atoms with Gasteiger partial charge in [0, 0.05) is 31.4 Å². The van der Waals surface area contributed by atoms with Gasteiger partial charge in [-0.15, -0.1) is 11.3 Å². The van der Waals surface area contributed by atoms with Gasteiger partial charge in [0.25, 0.3) is 5.91 Å². The fourth-order valence-electron chi connectivity index (χ4n) is 3.17. The minimum atomic E-state index is -4.57.